The second kappa shape index (κ2) is 7.58. The van der Waals surface area contributed by atoms with E-state index in [0.717, 1.165) is 0 Å². The molecule has 2 aliphatic heterocycles. The third-order valence-electron chi connectivity index (χ3n) is 5.55. The first-order valence-electron chi connectivity index (χ1n) is 9.34. The number of carbonyl (C=O) groups is 3. The van der Waals surface area contributed by atoms with Gasteiger partial charge in [-0.3, -0.25) is 14.4 Å². The van der Waals surface area contributed by atoms with Crippen molar-refractivity contribution in [3.05, 3.63) is 29.8 Å². The van der Waals surface area contributed by atoms with Crippen molar-refractivity contribution in [3.8, 4) is 5.75 Å². The second-order valence-electron chi connectivity index (χ2n) is 7.48. The van der Waals surface area contributed by atoms with Crippen molar-refractivity contribution >= 4 is 17.7 Å². The molecule has 3 rings (SSSR count). The average Bonchev–Trinajstić information content (AvgIpc) is 2.85. The van der Waals surface area contributed by atoms with Crippen LogP contribution in [-0.4, -0.2) is 78.8 Å². The van der Waals surface area contributed by atoms with Crippen molar-refractivity contribution in [2.45, 2.75) is 20.3 Å². The zero-order valence-corrected chi connectivity index (χ0v) is 16.2. The molecule has 0 aliphatic carbocycles. The molecule has 0 bridgehead atoms. The lowest BCUT2D eigenvalue weighted by atomic mass is 9.85. The molecule has 1 spiro atoms. The van der Waals surface area contributed by atoms with Gasteiger partial charge in [0.2, 0.25) is 11.8 Å². The maximum Gasteiger partial charge on any atom is 0.253 e. The molecule has 2 heterocycles. The van der Waals surface area contributed by atoms with E-state index in [2.05, 4.69) is 0 Å². The summed E-state index contributed by atoms with van der Waals surface area (Å²) in [6.45, 7) is 6.66. The minimum atomic E-state index is -0.405. The van der Waals surface area contributed by atoms with Gasteiger partial charge in [0.05, 0.1) is 7.11 Å². The molecule has 146 valence electrons. The molecule has 0 aromatic heterocycles. The Morgan fingerprint density at radius 3 is 2.26 bits per heavy atom. The van der Waals surface area contributed by atoms with E-state index in [1.54, 1.807) is 48.1 Å². The van der Waals surface area contributed by atoms with Crippen LogP contribution in [0.4, 0.5) is 0 Å². The minimum absolute atomic E-state index is 0.0180. The van der Waals surface area contributed by atoms with Crippen LogP contribution < -0.4 is 4.74 Å². The van der Waals surface area contributed by atoms with Crippen molar-refractivity contribution in [3.63, 3.8) is 0 Å². The third kappa shape index (κ3) is 3.91. The standard InChI is InChI=1S/C20H27N3O4/c1-4-21-12-20(11-18(21)25)13-22(15(2)24)9-10-23(14-20)19(26)16-5-7-17(27-3)8-6-16/h5-8H,4,9-14H2,1-3H3/t20-/m0/s1. The van der Waals surface area contributed by atoms with Crippen molar-refractivity contribution in [1.29, 1.82) is 0 Å². The van der Waals surface area contributed by atoms with Crippen molar-refractivity contribution in [1.82, 2.24) is 14.7 Å². The van der Waals surface area contributed by atoms with E-state index in [-0.39, 0.29) is 17.7 Å². The van der Waals surface area contributed by atoms with Crippen LogP contribution in [0, 0.1) is 5.41 Å². The molecule has 3 amide bonds. The zero-order chi connectivity index (χ0) is 19.6. The zero-order valence-electron chi connectivity index (χ0n) is 16.2. The number of rotatable bonds is 3. The highest BCUT2D eigenvalue weighted by atomic mass is 16.5. The molecule has 0 unspecified atom stereocenters. The topological polar surface area (TPSA) is 70.2 Å². The molecule has 0 saturated carbocycles. The fraction of sp³-hybridized carbons (Fsp3) is 0.550. The first-order valence-corrected chi connectivity index (χ1v) is 9.34. The summed E-state index contributed by atoms with van der Waals surface area (Å²) >= 11 is 0. The number of hydrogen-bond acceptors (Lipinski definition) is 4. The predicted octanol–water partition coefficient (Wildman–Crippen LogP) is 1.24. The summed E-state index contributed by atoms with van der Waals surface area (Å²) in [5.41, 5.74) is 0.177. The Bertz CT molecular complexity index is 733. The normalized spacial score (nSPS) is 22.9. The molecule has 0 N–H and O–H groups in total. The molecule has 1 atom stereocenters. The van der Waals surface area contributed by atoms with E-state index in [9.17, 15) is 14.4 Å². The lowest BCUT2D eigenvalue weighted by Gasteiger charge is -2.33. The first kappa shape index (κ1) is 19.2. The Balaban J connectivity index is 1.86. The third-order valence-corrected chi connectivity index (χ3v) is 5.55. The summed E-state index contributed by atoms with van der Waals surface area (Å²) in [6.07, 6.45) is 0.372. The molecule has 1 aromatic rings. The van der Waals surface area contributed by atoms with Gasteiger partial charge in [0.25, 0.3) is 5.91 Å². The van der Waals surface area contributed by atoms with Crippen LogP contribution in [0.1, 0.15) is 30.6 Å². The summed E-state index contributed by atoms with van der Waals surface area (Å²) in [4.78, 5) is 42.9. The van der Waals surface area contributed by atoms with Gasteiger partial charge in [-0.1, -0.05) is 0 Å². The Labute approximate surface area is 159 Å². The molecule has 2 aliphatic rings. The molecule has 7 heteroatoms. The summed E-state index contributed by atoms with van der Waals surface area (Å²) in [5, 5.41) is 0. The SMILES string of the molecule is CCN1C[C@@]2(CC1=O)CN(C(C)=O)CCN(C(=O)c1ccc(OC)cc1)C2. The molecule has 0 radical (unpaired) electrons. The van der Waals surface area contributed by atoms with Gasteiger partial charge in [-0.15, -0.1) is 0 Å². The molecular formula is C20H27N3O4. The number of likely N-dealkylation sites (tertiary alicyclic amines) is 1. The van der Waals surface area contributed by atoms with Gasteiger partial charge in [0.1, 0.15) is 5.75 Å². The minimum Gasteiger partial charge on any atom is -0.497 e. The highest BCUT2D eigenvalue weighted by Gasteiger charge is 2.47. The Hall–Kier alpha value is -2.57. The number of ether oxygens (including phenoxy) is 1. The maximum absolute atomic E-state index is 13.1. The molecule has 7 nitrogen and oxygen atoms in total. The lowest BCUT2D eigenvalue weighted by Crippen LogP contribution is -2.45. The van der Waals surface area contributed by atoms with Crippen LogP contribution in [-0.2, 0) is 9.59 Å². The first-order chi connectivity index (χ1) is 12.9. The molecular weight excluding hydrogens is 346 g/mol. The average molecular weight is 373 g/mol. The van der Waals surface area contributed by atoms with Gasteiger partial charge in [-0.2, -0.15) is 0 Å². The quantitative estimate of drug-likeness (QED) is 0.799. The van der Waals surface area contributed by atoms with Crippen molar-refractivity contribution in [2.75, 3.05) is 46.4 Å². The largest absolute Gasteiger partial charge is 0.497 e. The van der Waals surface area contributed by atoms with E-state index in [0.29, 0.717) is 57.0 Å². The van der Waals surface area contributed by atoms with E-state index >= 15 is 0 Å². The van der Waals surface area contributed by atoms with E-state index in [4.69, 9.17) is 4.74 Å². The smallest absolute Gasteiger partial charge is 0.253 e. The monoisotopic (exact) mass is 373 g/mol. The van der Waals surface area contributed by atoms with Gasteiger partial charge in [-0.05, 0) is 31.2 Å². The van der Waals surface area contributed by atoms with E-state index in [1.165, 1.54) is 0 Å². The molecule has 2 saturated heterocycles. The van der Waals surface area contributed by atoms with Gasteiger partial charge in [-0.25, -0.2) is 0 Å². The number of hydrogen-bond donors (Lipinski definition) is 0. The van der Waals surface area contributed by atoms with Crippen LogP contribution in [0.5, 0.6) is 5.75 Å². The highest BCUT2D eigenvalue weighted by Crippen LogP contribution is 2.35. The van der Waals surface area contributed by atoms with Crippen molar-refractivity contribution < 1.29 is 19.1 Å². The number of amides is 3. The summed E-state index contributed by atoms with van der Waals surface area (Å²) < 4.78 is 5.15. The van der Waals surface area contributed by atoms with Gasteiger partial charge in [0, 0.05) is 63.6 Å². The fourth-order valence-electron chi connectivity index (χ4n) is 4.10. The molecule has 1 aromatic carbocycles. The second-order valence-corrected chi connectivity index (χ2v) is 7.48. The summed E-state index contributed by atoms with van der Waals surface area (Å²) in [7, 11) is 1.59. The summed E-state index contributed by atoms with van der Waals surface area (Å²) in [5.74, 6) is 0.696. The van der Waals surface area contributed by atoms with Crippen LogP contribution in [0.15, 0.2) is 24.3 Å². The fourth-order valence-corrected chi connectivity index (χ4v) is 4.10. The van der Waals surface area contributed by atoms with Gasteiger partial charge < -0.3 is 19.4 Å². The Morgan fingerprint density at radius 2 is 1.70 bits per heavy atom. The van der Waals surface area contributed by atoms with Crippen molar-refractivity contribution in [2.24, 2.45) is 5.41 Å². The number of methoxy groups -OCH3 is 1. The van der Waals surface area contributed by atoms with Crippen LogP contribution in [0.2, 0.25) is 0 Å². The van der Waals surface area contributed by atoms with Crippen LogP contribution >= 0.6 is 0 Å². The highest BCUT2D eigenvalue weighted by molar-refractivity contribution is 5.94. The number of benzene rings is 1. The number of nitrogens with zero attached hydrogens (tertiary/aromatic N) is 3. The Morgan fingerprint density at radius 1 is 1.07 bits per heavy atom. The van der Waals surface area contributed by atoms with Gasteiger partial charge in [0.15, 0.2) is 0 Å². The van der Waals surface area contributed by atoms with Crippen LogP contribution in [0.3, 0.4) is 0 Å². The van der Waals surface area contributed by atoms with Crippen LogP contribution in [0.25, 0.3) is 0 Å². The Kier molecular flexibility index (Phi) is 5.39. The lowest BCUT2D eigenvalue weighted by molar-refractivity contribution is -0.130. The predicted molar refractivity (Wildman–Crippen MR) is 100 cm³/mol. The van der Waals surface area contributed by atoms with E-state index in [1.807, 2.05) is 11.8 Å². The summed E-state index contributed by atoms with van der Waals surface area (Å²) in [6, 6.07) is 7.03. The molecule has 27 heavy (non-hydrogen) atoms. The maximum atomic E-state index is 13.1. The molecule has 2 fully saturated rings. The van der Waals surface area contributed by atoms with Gasteiger partial charge >= 0.3 is 0 Å². The van der Waals surface area contributed by atoms with E-state index < -0.39 is 5.41 Å². The number of carbonyl (C=O) groups excluding carboxylic acids is 3.